The number of amides is 1. The van der Waals surface area contributed by atoms with Gasteiger partial charge in [0.1, 0.15) is 5.75 Å². The number of carbonyl (C=O) groups is 1. The molecular formula is C22H21NO3. The molecule has 4 heteroatoms. The molecule has 26 heavy (non-hydrogen) atoms. The summed E-state index contributed by atoms with van der Waals surface area (Å²) in [5, 5.41) is 0. The van der Waals surface area contributed by atoms with Gasteiger partial charge >= 0.3 is 0 Å². The molecule has 0 spiro atoms. The van der Waals surface area contributed by atoms with Gasteiger partial charge in [-0.1, -0.05) is 30.3 Å². The SMILES string of the molecule is C[C@H](c1ccccc1)N(Cc1ccoc1)C(=O)c1ccc2c(c1)CCO2. The summed E-state index contributed by atoms with van der Waals surface area (Å²) in [5.74, 6) is 0.899. The van der Waals surface area contributed by atoms with Gasteiger partial charge < -0.3 is 14.1 Å². The molecule has 1 atom stereocenters. The first-order chi connectivity index (χ1) is 12.7. The van der Waals surface area contributed by atoms with E-state index in [0.717, 1.165) is 28.9 Å². The second-order valence-electron chi connectivity index (χ2n) is 6.57. The lowest BCUT2D eigenvalue weighted by Crippen LogP contribution is -2.33. The van der Waals surface area contributed by atoms with Gasteiger partial charge in [0.2, 0.25) is 0 Å². The molecule has 0 saturated carbocycles. The first kappa shape index (κ1) is 16.5. The zero-order chi connectivity index (χ0) is 17.9. The lowest BCUT2D eigenvalue weighted by atomic mass is 10.0. The third-order valence-corrected chi connectivity index (χ3v) is 4.88. The number of nitrogens with zero attached hydrogens (tertiary/aromatic N) is 1. The van der Waals surface area contributed by atoms with E-state index in [2.05, 4.69) is 19.1 Å². The highest BCUT2D eigenvalue weighted by Gasteiger charge is 2.25. The molecule has 1 aliphatic heterocycles. The fourth-order valence-corrected chi connectivity index (χ4v) is 3.36. The average molecular weight is 347 g/mol. The Hall–Kier alpha value is -3.01. The van der Waals surface area contributed by atoms with Crippen LogP contribution in [0.4, 0.5) is 0 Å². The van der Waals surface area contributed by atoms with Gasteiger partial charge in [-0.05, 0) is 42.3 Å². The monoisotopic (exact) mass is 347 g/mol. The molecule has 3 aromatic rings. The maximum Gasteiger partial charge on any atom is 0.254 e. The third kappa shape index (κ3) is 3.23. The van der Waals surface area contributed by atoms with E-state index >= 15 is 0 Å². The molecule has 1 amide bonds. The first-order valence-electron chi connectivity index (χ1n) is 8.85. The molecule has 1 aromatic heterocycles. The summed E-state index contributed by atoms with van der Waals surface area (Å²) < 4.78 is 10.8. The Morgan fingerprint density at radius 2 is 2.00 bits per heavy atom. The summed E-state index contributed by atoms with van der Waals surface area (Å²) in [6.45, 7) is 3.24. The Morgan fingerprint density at radius 1 is 1.15 bits per heavy atom. The van der Waals surface area contributed by atoms with Crippen molar-refractivity contribution in [1.29, 1.82) is 0 Å². The minimum absolute atomic E-state index is 0.0113. The van der Waals surface area contributed by atoms with Gasteiger partial charge in [0.15, 0.2) is 0 Å². The second kappa shape index (κ2) is 7.08. The summed E-state index contributed by atoms with van der Waals surface area (Å²) in [6.07, 6.45) is 4.18. The van der Waals surface area contributed by atoms with Crippen molar-refractivity contribution in [2.75, 3.05) is 6.61 Å². The fraction of sp³-hybridized carbons (Fsp3) is 0.227. The summed E-state index contributed by atoms with van der Waals surface area (Å²) in [7, 11) is 0. The molecule has 0 radical (unpaired) electrons. The molecule has 2 aromatic carbocycles. The number of benzene rings is 2. The molecule has 132 valence electrons. The molecule has 0 N–H and O–H groups in total. The molecule has 0 bridgehead atoms. The molecular weight excluding hydrogens is 326 g/mol. The quantitative estimate of drug-likeness (QED) is 0.676. The number of fused-ring (bicyclic) bond motifs is 1. The lowest BCUT2D eigenvalue weighted by molar-refractivity contribution is 0.0673. The van der Waals surface area contributed by atoms with Crippen molar-refractivity contribution in [2.24, 2.45) is 0 Å². The van der Waals surface area contributed by atoms with E-state index in [0.29, 0.717) is 18.7 Å². The second-order valence-corrected chi connectivity index (χ2v) is 6.57. The van der Waals surface area contributed by atoms with Gasteiger partial charge in [-0.3, -0.25) is 4.79 Å². The van der Waals surface area contributed by atoms with Crippen LogP contribution >= 0.6 is 0 Å². The Kier molecular flexibility index (Phi) is 4.48. The third-order valence-electron chi connectivity index (χ3n) is 4.88. The van der Waals surface area contributed by atoms with Crippen molar-refractivity contribution in [3.05, 3.63) is 89.4 Å². The van der Waals surface area contributed by atoms with Gasteiger partial charge in [-0.15, -0.1) is 0 Å². The average Bonchev–Trinajstić information content (AvgIpc) is 3.36. The molecule has 0 fully saturated rings. The van der Waals surface area contributed by atoms with E-state index in [-0.39, 0.29) is 11.9 Å². The van der Waals surface area contributed by atoms with E-state index < -0.39 is 0 Å². The van der Waals surface area contributed by atoms with Crippen LogP contribution in [0.5, 0.6) is 5.75 Å². The molecule has 4 rings (SSSR count). The summed E-state index contributed by atoms with van der Waals surface area (Å²) in [5.41, 5.74) is 3.88. The standard InChI is InChI=1S/C22H21NO3/c1-16(18-5-3-2-4-6-18)23(14-17-9-11-25-15-17)22(24)20-7-8-21-19(13-20)10-12-26-21/h2-9,11,13,15-16H,10,12,14H2,1H3/t16-/m1/s1. The lowest BCUT2D eigenvalue weighted by Gasteiger charge is -2.29. The highest BCUT2D eigenvalue weighted by Crippen LogP contribution is 2.29. The normalized spacial score (nSPS) is 13.7. The van der Waals surface area contributed by atoms with Crippen LogP contribution in [0, 0.1) is 0 Å². The van der Waals surface area contributed by atoms with E-state index in [1.807, 2.05) is 47.4 Å². The summed E-state index contributed by atoms with van der Waals surface area (Å²) in [6, 6.07) is 17.7. The molecule has 1 aliphatic rings. The summed E-state index contributed by atoms with van der Waals surface area (Å²) >= 11 is 0. The van der Waals surface area contributed by atoms with Crippen molar-refractivity contribution < 1.29 is 13.9 Å². The van der Waals surface area contributed by atoms with Crippen molar-refractivity contribution in [3.8, 4) is 5.75 Å². The van der Waals surface area contributed by atoms with Gasteiger partial charge in [0.25, 0.3) is 5.91 Å². The predicted octanol–water partition coefficient (Wildman–Crippen LogP) is 4.62. The topological polar surface area (TPSA) is 42.7 Å². The minimum atomic E-state index is -0.0527. The van der Waals surface area contributed by atoms with E-state index in [4.69, 9.17) is 9.15 Å². The number of carbonyl (C=O) groups excluding carboxylic acids is 1. The van der Waals surface area contributed by atoms with Gasteiger partial charge in [0.05, 0.1) is 25.2 Å². The number of ether oxygens (including phenoxy) is 1. The summed E-state index contributed by atoms with van der Waals surface area (Å²) in [4.78, 5) is 15.2. The van der Waals surface area contributed by atoms with Crippen LogP contribution in [-0.4, -0.2) is 17.4 Å². The highest BCUT2D eigenvalue weighted by molar-refractivity contribution is 5.95. The molecule has 0 saturated heterocycles. The Bertz CT molecular complexity index is 887. The minimum Gasteiger partial charge on any atom is -0.493 e. The van der Waals surface area contributed by atoms with Crippen LogP contribution in [-0.2, 0) is 13.0 Å². The molecule has 4 nitrogen and oxygen atoms in total. The Morgan fingerprint density at radius 3 is 2.77 bits per heavy atom. The van der Waals surface area contributed by atoms with Crippen LogP contribution in [0.1, 0.15) is 40.0 Å². The maximum atomic E-state index is 13.3. The maximum absolute atomic E-state index is 13.3. The van der Waals surface area contributed by atoms with Gasteiger partial charge in [-0.2, -0.15) is 0 Å². The van der Waals surface area contributed by atoms with Crippen LogP contribution in [0.2, 0.25) is 0 Å². The highest BCUT2D eigenvalue weighted by atomic mass is 16.5. The van der Waals surface area contributed by atoms with Crippen molar-refractivity contribution in [2.45, 2.75) is 25.9 Å². The fourth-order valence-electron chi connectivity index (χ4n) is 3.36. The van der Waals surface area contributed by atoms with Crippen molar-refractivity contribution in [3.63, 3.8) is 0 Å². The molecule has 0 unspecified atom stereocenters. The van der Waals surface area contributed by atoms with Gasteiger partial charge in [0, 0.05) is 24.1 Å². The van der Waals surface area contributed by atoms with Crippen molar-refractivity contribution >= 4 is 5.91 Å². The van der Waals surface area contributed by atoms with Gasteiger partial charge in [-0.25, -0.2) is 0 Å². The van der Waals surface area contributed by atoms with Crippen LogP contribution in [0.25, 0.3) is 0 Å². The van der Waals surface area contributed by atoms with Crippen LogP contribution < -0.4 is 4.74 Å². The number of rotatable bonds is 5. The van der Waals surface area contributed by atoms with Crippen LogP contribution in [0.15, 0.2) is 71.5 Å². The Balaban J connectivity index is 1.66. The first-order valence-corrected chi connectivity index (χ1v) is 8.85. The van der Waals surface area contributed by atoms with E-state index in [1.165, 1.54) is 0 Å². The number of hydrogen-bond acceptors (Lipinski definition) is 3. The number of furan rings is 1. The zero-order valence-electron chi connectivity index (χ0n) is 14.7. The van der Waals surface area contributed by atoms with Crippen LogP contribution in [0.3, 0.4) is 0 Å². The Labute approximate surface area is 153 Å². The molecule has 2 heterocycles. The zero-order valence-corrected chi connectivity index (χ0v) is 14.7. The number of hydrogen-bond donors (Lipinski definition) is 0. The van der Waals surface area contributed by atoms with E-state index in [1.54, 1.807) is 12.5 Å². The van der Waals surface area contributed by atoms with Crippen molar-refractivity contribution in [1.82, 2.24) is 4.90 Å². The van der Waals surface area contributed by atoms with E-state index in [9.17, 15) is 4.79 Å². The largest absolute Gasteiger partial charge is 0.493 e. The smallest absolute Gasteiger partial charge is 0.254 e. The molecule has 0 aliphatic carbocycles. The predicted molar refractivity (Wildman–Crippen MR) is 99.1 cm³/mol.